The molecule has 8 heteroatoms. The number of carbonyl (C=O) groups is 1. The van der Waals surface area contributed by atoms with Crippen LogP contribution in [0.15, 0.2) is 48.2 Å². The Kier molecular flexibility index (Phi) is 6.03. The minimum Gasteiger partial charge on any atom is -0.459 e. The van der Waals surface area contributed by atoms with Crippen LogP contribution in [-0.2, 0) is 14.3 Å². The highest BCUT2D eigenvalue weighted by molar-refractivity contribution is 5.97. The Morgan fingerprint density at radius 2 is 2.04 bits per heavy atom. The number of rotatable bonds is 7. The van der Waals surface area contributed by atoms with Gasteiger partial charge in [0, 0.05) is 36.8 Å². The van der Waals surface area contributed by atoms with Gasteiger partial charge in [-0.25, -0.2) is 4.79 Å². The summed E-state index contributed by atoms with van der Waals surface area (Å²) in [4.78, 5) is 22.1. The van der Waals surface area contributed by atoms with Crippen LogP contribution in [0.4, 0.5) is 5.69 Å². The average molecular weight is 341 g/mol. The normalized spacial score (nSPS) is 11.0. The molecule has 2 aromatic rings. The summed E-state index contributed by atoms with van der Waals surface area (Å²) in [5.74, 6) is -0.740. The minimum atomic E-state index is -0.740. The molecule has 0 spiro atoms. The molecule has 0 unspecified atom stereocenters. The second-order valence-electron chi connectivity index (χ2n) is 4.88. The van der Waals surface area contributed by atoms with Crippen molar-refractivity contribution in [2.24, 2.45) is 0 Å². The van der Waals surface area contributed by atoms with Gasteiger partial charge in [-0.1, -0.05) is 0 Å². The first-order valence-electron chi connectivity index (χ1n) is 7.27. The molecule has 0 atom stereocenters. The molecule has 0 aliphatic rings. The minimum absolute atomic E-state index is 0.0209. The van der Waals surface area contributed by atoms with E-state index in [9.17, 15) is 20.2 Å². The molecule has 0 aliphatic carbocycles. The lowest BCUT2D eigenvalue weighted by Gasteiger charge is -2.07. The molecule has 1 heterocycles. The van der Waals surface area contributed by atoms with Crippen molar-refractivity contribution >= 4 is 17.7 Å². The number of hydrogen-bond donors (Lipinski definition) is 0. The van der Waals surface area contributed by atoms with Crippen LogP contribution in [-0.4, -0.2) is 35.8 Å². The third-order valence-electron chi connectivity index (χ3n) is 3.27. The predicted octanol–water partition coefficient (Wildman–Crippen LogP) is 2.48. The van der Waals surface area contributed by atoms with Crippen molar-refractivity contribution in [3.05, 3.63) is 64.0 Å². The first-order valence-corrected chi connectivity index (χ1v) is 7.27. The number of carbonyl (C=O) groups excluding carboxylic acids is 1. The number of benzene rings is 1. The van der Waals surface area contributed by atoms with Gasteiger partial charge < -0.3 is 14.0 Å². The lowest BCUT2D eigenvalue weighted by molar-refractivity contribution is -0.384. The topological polar surface area (TPSA) is 107 Å². The summed E-state index contributed by atoms with van der Waals surface area (Å²) in [6, 6.07) is 11.2. The molecule has 25 heavy (non-hydrogen) atoms. The Bertz CT molecular complexity index is 831. The van der Waals surface area contributed by atoms with Gasteiger partial charge in [-0.2, -0.15) is 5.26 Å². The fourth-order valence-corrected chi connectivity index (χ4v) is 2.06. The maximum absolute atomic E-state index is 11.9. The van der Waals surface area contributed by atoms with Gasteiger partial charge in [0.1, 0.15) is 18.2 Å². The Hall–Kier alpha value is -3.44. The summed E-state index contributed by atoms with van der Waals surface area (Å²) < 4.78 is 11.4. The summed E-state index contributed by atoms with van der Waals surface area (Å²) in [5, 5.41) is 19.9. The molecule has 1 aromatic carbocycles. The maximum atomic E-state index is 11.9. The summed E-state index contributed by atoms with van der Waals surface area (Å²) in [5.41, 5.74) is 1.05. The van der Waals surface area contributed by atoms with Crippen molar-refractivity contribution in [2.75, 3.05) is 20.3 Å². The summed E-state index contributed by atoms with van der Waals surface area (Å²) >= 11 is 0. The molecule has 8 nitrogen and oxygen atoms in total. The molecule has 0 aliphatic heterocycles. The van der Waals surface area contributed by atoms with E-state index in [1.54, 1.807) is 35.0 Å². The van der Waals surface area contributed by atoms with Crippen molar-refractivity contribution in [2.45, 2.75) is 0 Å². The van der Waals surface area contributed by atoms with E-state index >= 15 is 0 Å². The molecule has 0 N–H and O–H groups in total. The second-order valence-corrected chi connectivity index (χ2v) is 4.88. The monoisotopic (exact) mass is 341 g/mol. The van der Waals surface area contributed by atoms with Crippen molar-refractivity contribution in [1.29, 1.82) is 5.26 Å². The van der Waals surface area contributed by atoms with Crippen molar-refractivity contribution in [3.63, 3.8) is 0 Å². The zero-order chi connectivity index (χ0) is 18.2. The highest BCUT2D eigenvalue weighted by Gasteiger charge is 2.13. The van der Waals surface area contributed by atoms with E-state index in [0.29, 0.717) is 11.4 Å². The zero-order valence-corrected chi connectivity index (χ0v) is 13.4. The number of methoxy groups -OCH3 is 1. The molecule has 0 radical (unpaired) electrons. The lowest BCUT2D eigenvalue weighted by atomic mass is 10.2. The summed E-state index contributed by atoms with van der Waals surface area (Å²) in [6.45, 7) is 0.293. The van der Waals surface area contributed by atoms with Gasteiger partial charge >= 0.3 is 5.97 Å². The van der Waals surface area contributed by atoms with Crippen LogP contribution >= 0.6 is 0 Å². The smallest absolute Gasteiger partial charge is 0.349 e. The van der Waals surface area contributed by atoms with E-state index in [1.807, 2.05) is 6.07 Å². The number of non-ortho nitro benzene ring substituents is 1. The fourth-order valence-electron chi connectivity index (χ4n) is 2.06. The molecule has 0 bridgehead atoms. The van der Waals surface area contributed by atoms with E-state index in [1.165, 1.54) is 25.3 Å². The SMILES string of the molecule is COCCOC(=O)/C(C#N)=C/c1cccn1-c1ccc([N+](=O)[O-])cc1. The maximum Gasteiger partial charge on any atom is 0.349 e. The van der Waals surface area contributed by atoms with Gasteiger partial charge in [0.2, 0.25) is 0 Å². The van der Waals surface area contributed by atoms with Gasteiger partial charge in [-0.15, -0.1) is 0 Å². The van der Waals surface area contributed by atoms with Crippen LogP contribution in [0.3, 0.4) is 0 Å². The van der Waals surface area contributed by atoms with Gasteiger partial charge in [0.25, 0.3) is 5.69 Å². The molecular formula is C17H15N3O5. The summed E-state index contributed by atoms with van der Waals surface area (Å²) in [7, 11) is 1.48. The number of nitriles is 1. The van der Waals surface area contributed by atoms with Crippen LogP contribution < -0.4 is 0 Å². The lowest BCUT2D eigenvalue weighted by Crippen LogP contribution is -2.11. The molecule has 0 saturated carbocycles. The van der Waals surface area contributed by atoms with Gasteiger partial charge in [0.05, 0.1) is 11.5 Å². The van der Waals surface area contributed by atoms with E-state index in [-0.39, 0.29) is 24.5 Å². The number of ether oxygens (including phenoxy) is 2. The quantitative estimate of drug-likeness (QED) is 0.191. The molecule has 0 amide bonds. The van der Waals surface area contributed by atoms with Gasteiger partial charge in [-0.05, 0) is 30.3 Å². The zero-order valence-electron chi connectivity index (χ0n) is 13.4. The number of nitrogens with zero attached hydrogens (tertiary/aromatic N) is 3. The third kappa shape index (κ3) is 4.53. The first-order chi connectivity index (χ1) is 12.1. The van der Waals surface area contributed by atoms with Gasteiger partial charge in [0.15, 0.2) is 0 Å². The predicted molar refractivity (Wildman–Crippen MR) is 88.8 cm³/mol. The Labute approximate surface area is 143 Å². The average Bonchev–Trinajstić information content (AvgIpc) is 3.08. The highest BCUT2D eigenvalue weighted by Crippen LogP contribution is 2.19. The number of nitro groups is 1. The van der Waals surface area contributed by atoms with Crippen LogP contribution in [0.25, 0.3) is 11.8 Å². The molecular weight excluding hydrogens is 326 g/mol. The number of nitro benzene ring substituents is 1. The first kappa shape index (κ1) is 17.9. The Morgan fingerprint density at radius 1 is 1.32 bits per heavy atom. The van der Waals surface area contributed by atoms with Crippen LogP contribution in [0.5, 0.6) is 0 Å². The fraction of sp³-hybridized carbons (Fsp3) is 0.176. The van der Waals surface area contributed by atoms with E-state index < -0.39 is 10.9 Å². The van der Waals surface area contributed by atoms with Gasteiger partial charge in [-0.3, -0.25) is 10.1 Å². The molecule has 0 fully saturated rings. The van der Waals surface area contributed by atoms with Crippen molar-refractivity contribution in [1.82, 2.24) is 4.57 Å². The standard InChI is InChI=1S/C17H15N3O5/c1-24-9-10-25-17(21)13(12-18)11-16-3-2-8-19(16)14-4-6-15(7-5-14)20(22)23/h2-8,11H,9-10H2,1H3/b13-11+. The second kappa shape index (κ2) is 8.42. The van der Waals surface area contributed by atoms with E-state index in [0.717, 1.165) is 0 Å². The van der Waals surface area contributed by atoms with Crippen molar-refractivity contribution < 1.29 is 19.2 Å². The van der Waals surface area contributed by atoms with Crippen LogP contribution in [0, 0.1) is 21.4 Å². The van der Waals surface area contributed by atoms with Crippen LogP contribution in [0.1, 0.15) is 5.69 Å². The van der Waals surface area contributed by atoms with E-state index in [4.69, 9.17) is 9.47 Å². The molecule has 1 aromatic heterocycles. The van der Waals surface area contributed by atoms with Crippen molar-refractivity contribution in [3.8, 4) is 11.8 Å². The number of hydrogen-bond acceptors (Lipinski definition) is 6. The van der Waals surface area contributed by atoms with E-state index in [2.05, 4.69) is 0 Å². The Balaban J connectivity index is 2.26. The summed E-state index contributed by atoms with van der Waals surface area (Å²) in [6.07, 6.45) is 3.12. The number of aromatic nitrogens is 1. The largest absolute Gasteiger partial charge is 0.459 e. The highest BCUT2D eigenvalue weighted by atomic mass is 16.6. The Morgan fingerprint density at radius 3 is 2.64 bits per heavy atom. The molecule has 0 saturated heterocycles. The molecule has 2 rings (SSSR count). The third-order valence-corrected chi connectivity index (χ3v) is 3.27. The molecule has 128 valence electrons. The van der Waals surface area contributed by atoms with Crippen LogP contribution in [0.2, 0.25) is 0 Å². The number of esters is 1.